The molecule has 0 fully saturated rings. The number of ether oxygens (including phenoxy) is 1. The fourth-order valence-corrected chi connectivity index (χ4v) is 2.43. The van der Waals surface area contributed by atoms with Gasteiger partial charge in [-0.25, -0.2) is 0 Å². The SMILES string of the molecule is CC(C)Oc1ccc(C(=O)NCCNc2ccc([N+](=O)[O-])cc2Cl)cc1. The second-order valence-electron chi connectivity index (χ2n) is 5.79. The van der Waals surface area contributed by atoms with E-state index in [1.165, 1.54) is 18.2 Å². The van der Waals surface area contributed by atoms with Crippen LogP contribution in [0, 0.1) is 10.1 Å². The second kappa shape index (κ2) is 9.05. The molecule has 0 spiro atoms. The van der Waals surface area contributed by atoms with Crippen molar-refractivity contribution in [2.45, 2.75) is 20.0 Å². The van der Waals surface area contributed by atoms with Gasteiger partial charge in [0, 0.05) is 30.8 Å². The van der Waals surface area contributed by atoms with E-state index in [0.717, 1.165) is 0 Å². The van der Waals surface area contributed by atoms with Crippen LogP contribution in [0.25, 0.3) is 0 Å². The molecular formula is C18H20ClN3O4. The maximum absolute atomic E-state index is 12.1. The lowest BCUT2D eigenvalue weighted by atomic mass is 10.2. The molecule has 0 atom stereocenters. The second-order valence-corrected chi connectivity index (χ2v) is 6.20. The maximum Gasteiger partial charge on any atom is 0.271 e. The number of nitrogens with zero attached hydrogens (tertiary/aromatic N) is 1. The van der Waals surface area contributed by atoms with Crippen LogP contribution in [0.3, 0.4) is 0 Å². The summed E-state index contributed by atoms with van der Waals surface area (Å²) in [4.78, 5) is 22.3. The smallest absolute Gasteiger partial charge is 0.271 e. The number of nitrogens with one attached hydrogen (secondary N) is 2. The number of rotatable bonds is 8. The van der Waals surface area contributed by atoms with E-state index in [-0.39, 0.29) is 22.7 Å². The highest BCUT2D eigenvalue weighted by atomic mass is 35.5. The molecule has 2 rings (SSSR count). The third kappa shape index (κ3) is 5.63. The fourth-order valence-electron chi connectivity index (χ4n) is 2.19. The average molecular weight is 378 g/mol. The van der Waals surface area contributed by atoms with Crippen LogP contribution in [0.5, 0.6) is 5.75 Å². The number of non-ortho nitro benzene ring substituents is 1. The van der Waals surface area contributed by atoms with Gasteiger partial charge in [-0.05, 0) is 44.2 Å². The minimum absolute atomic E-state index is 0.0706. The molecule has 0 unspecified atom stereocenters. The van der Waals surface area contributed by atoms with Gasteiger partial charge in [-0.2, -0.15) is 0 Å². The highest BCUT2D eigenvalue weighted by Crippen LogP contribution is 2.26. The minimum atomic E-state index is -0.507. The van der Waals surface area contributed by atoms with Gasteiger partial charge in [0.15, 0.2) is 0 Å². The number of hydrogen-bond donors (Lipinski definition) is 2. The fraction of sp³-hybridized carbons (Fsp3) is 0.278. The van der Waals surface area contributed by atoms with Crippen molar-refractivity contribution < 1.29 is 14.5 Å². The van der Waals surface area contributed by atoms with Crippen LogP contribution < -0.4 is 15.4 Å². The zero-order valence-corrected chi connectivity index (χ0v) is 15.2. The van der Waals surface area contributed by atoms with Crippen molar-refractivity contribution >= 4 is 28.9 Å². The standard InChI is InChI=1S/C18H20ClN3O4/c1-12(2)26-15-6-3-13(4-7-15)18(23)21-10-9-20-17-8-5-14(22(24)25)11-16(17)19/h3-8,11-12,20H,9-10H2,1-2H3,(H,21,23). The molecule has 2 aromatic rings. The van der Waals surface area contributed by atoms with Gasteiger partial charge in [-0.3, -0.25) is 14.9 Å². The first-order valence-corrected chi connectivity index (χ1v) is 8.47. The quantitative estimate of drug-likeness (QED) is 0.413. The monoisotopic (exact) mass is 377 g/mol. The number of carbonyl (C=O) groups excluding carboxylic acids is 1. The van der Waals surface area contributed by atoms with Crippen LogP contribution in [0.2, 0.25) is 5.02 Å². The van der Waals surface area contributed by atoms with E-state index in [1.54, 1.807) is 24.3 Å². The van der Waals surface area contributed by atoms with Crippen LogP contribution in [-0.4, -0.2) is 30.0 Å². The van der Waals surface area contributed by atoms with Crippen molar-refractivity contribution in [3.63, 3.8) is 0 Å². The number of hydrogen-bond acceptors (Lipinski definition) is 5. The van der Waals surface area contributed by atoms with E-state index in [4.69, 9.17) is 16.3 Å². The van der Waals surface area contributed by atoms with Gasteiger partial charge in [0.25, 0.3) is 11.6 Å². The molecule has 0 saturated carbocycles. The van der Waals surface area contributed by atoms with Crippen LogP contribution >= 0.6 is 11.6 Å². The predicted molar refractivity (Wildman–Crippen MR) is 101 cm³/mol. The summed E-state index contributed by atoms with van der Waals surface area (Å²) in [5, 5.41) is 16.7. The largest absolute Gasteiger partial charge is 0.491 e. The van der Waals surface area contributed by atoms with E-state index in [9.17, 15) is 14.9 Å². The molecule has 138 valence electrons. The van der Waals surface area contributed by atoms with Crippen molar-refractivity contribution in [2.75, 3.05) is 18.4 Å². The molecule has 1 amide bonds. The third-order valence-electron chi connectivity index (χ3n) is 3.38. The lowest BCUT2D eigenvalue weighted by Crippen LogP contribution is -2.28. The lowest BCUT2D eigenvalue weighted by molar-refractivity contribution is -0.384. The molecule has 0 aromatic heterocycles. The van der Waals surface area contributed by atoms with Crippen LogP contribution in [-0.2, 0) is 0 Å². The van der Waals surface area contributed by atoms with Crippen LogP contribution in [0.4, 0.5) is 11.4 Å². The Labute approximate surface area is 156 Å². The summed E-state index contributed by atoms with van der Waals surface area (Å²) in [6.45, 7) is 4.67. The van der Waals surface area contributed by atoms with E-state index in [1.807, 2.05) is 13.8 Å². The number of halogens is 1. The Kier molecular flexibility index (Phi) is 6.80. The normalized spacial score (nSPS) is 10.5. The summed E-state index contributed by atoms with van der Waals surface area (Å²) in [7, 11) is 0. The van der Waals surface area contributed by atoms with Gasteiger partial charge in [0.05, 0.1) is 21.7 Å². The van der Waals surface area contributed by atoms with Crippen molar-refractivity contribution in [2.24, 2.45) is 0 Å². The summed E-state index contributed by atoms with van der Waals surface area (Å²) in [5.74, 6) is 0.517. The first kappa shape index (κ1) is 19.5. The summed E-state index contributed by atoms with van der Waals surface area (Å²) < 4.78 is 5.53. The molecule has 7 nitrogen and oxygen atoms in total. The van der Waals surface area contributed by atoms with Gasteiger partial charge < -0.3 is 15.4 Å². The van der Waals surface area contributed by atoms with E-state index < -0.39 is 4.92 Å². The molecule has 0 aliphatic carbocycles. The lowest BCUT2D eigenvalue weighted by Gasteiger charge is -2.11. The summed E-state index contributed by atoms with van der Waals surface area (Å²) >= 11 is 6.00. The van der Waals surface area contributed by atoms with E-state index in [0.29, 0.717) is 30.1 Å². The maximum atomic E-state index is 12.1. The van der Waals surface area contributed by atoms with Crippen molar-refractivity contribution in [3.8, 4) is 5.75 Å². The van der Waals surface area contributed by atoms with E-state index >= 15 is 0 Å². The molecule has 0 radical (unpaired) electrons. The zero-order valence-electron chi connectivity index (χ0n) is 14.5. The Bertz CT molecular complexity index is 779. The molecule has 0 bridgehead atoms. The van der Waals surface area contributed by atoms with Crippen LogP contribution in [0.1, 0.15) is 24.2 Å². The molecule has 2 aromatic carbocycles. The minimum Gasteiger partial charge on any atom is -0.491 e. The van der Waals surface area contributed by atoms with Gasteiger partial charge in [0.1, 0.15) is 5.75 Å². The Morgan fingerprint density at radius 3 is 2.46 bits per heavy atom. The average Bonchev–Trinajstić information content (AvgIpc) is 2.59. The van der Waals surface area contributed by atoms with Crippen molar-refractivity contribution in [1.82, 2.24) is 5.32 Å². The Hall–Kier alpha value is -2.80. The van der Waals surface area contributed by atoms with Gasteiger partial charge in [0.2, 0.25) is 0 Å². The summed E-state index contributed by atoms with van der Waals surface area (Å²) in [5.41, 5.74) is 1.04. The topological polar surface area (TPSA) is 93.5 Å². The Morgan fingerprint density at radius 2 is 1.88 bits per heavy atom. The van der Waals surface area contributed by atoms with E-state index in [2.05, 4.69) is 10.6 Å². The zero-order chi connectivity index (χ0) is 19.1. The Morgan fingerprint density at radius 1 is 1.19 bits per heavy atom. The summed E-state index contributed by atoms with van der Waals surface area (Å²) in [6, 6.07) is 11.1. The first-order chi connectivity index (χ1) is 12.4. The number of anilines is 1. The summed E-state index contributed by atoms with van der Waals surface area (Å²) in [6.07, 6.45) is 0.0759. The van der Waals surface area contributed by atoms with Crippen molar-refractivity contribution in [1.29, 1.82) is 0 Å². The molecule has 8 heteroatoms. The number of nitro benzene ring substituents is 1. The van der Waals surface area contributed by atoms with Crippen LogP contribution in [0.15, 0.2) is 42.5 Å². The molecule has 0 saturated heterocycles. The number of amides is 1. The third-order valence-corrected chi connectivity index (χ3v) is 3.69. The number of carbonyl (C=O) groups is 1. The highest BCUT2D eigenvalue weighted by Gasteiger charge is 2.09. The molecule has 26 heavy (non-hydrogen) atoms. The molecule has 2 N–H and O–H groups in total. The van der Waals surface area contributed by atoms with Gasteiger partial charge >= 0.3 is 0 Å². The van der Waals surface area contributed by atoms with Gasteiger partial charge in [-0.1, -0.05) is 11.6 Å². The molecule has 0 heterocycles. The number of nitro groups is 1. The van der Waals surface area contributed by atoms with Crippen molar-refractivity contribution in [3.05, 3.63) is 63.2 Å². The molecular weight excluding hydrogens is 358 g/mol. The Balaban J connectivity index is 1.80. The van der Waals surface area contributed by atoms with Gasteiger partial charge in [-0.15, -0.1) is 0 Å². The first-order valence-electron chi connectivity index (χ1n) is 8.09. The molecule has 0 aliphatic rings. The molecule has 0 aliphatic heterocycles. The number of benzene rings is 2. The predicted octanol–water partition coefficient (Wildman–Crippen LogP) is 3.88. The highest BCUT2D eigenvalue weighted by molar-refractivity contribution is 6.33.